The summed E-state index contributed by atoms with van der Waals surface area (Å²) >= 11 is 0. The summed E-state index contributed by atoms with van der Waals surface area (Å²) in [5.41, 5.74) is 0.881. The second-order valence-corrected chi connectivity index (χ2v) is 18.1. The third kappa shape index (κ3) is 8.44. The Morgan fingerprint density at radius 3 is 1.77 bits per heavy atom. The molecule has 0 bridgehead atoms. The van der Waals surface area contributed by atoms with Crippen LogP contribution in [0.5, 0.6) is 0 Å². The lowest BCUT2D eigenvalue weighted by molar-refractivity contribution is 0.129. The van der Waals surface area contributed by atoms with Crippen LogP contribution in [0.25, 0.3) is 0 Å². The fourth-order valence-corrected chi connectivity index (χ4v) is 11.3. The SMILES string of the molecule is CC(C)(C)[Si](OC[C@H](CCCS(=O)(=O)c1ccccc1)NC(=O)OCc1ccccc1)(c1ccccc1)c1ccccc1. The number of carbonyl (C=O) groups excluding carboxylic acids is 1. The predicted octanol–water partition coefficient (Wildman–Crippen LogP) is 6.11. The lowest BCUT2D eigenvalue weighted by Crippen LogP contribution is -2.67. The Hall–Kier alpha value is -3.72. The van der Waals surface area contributed by atoms with E-state index in [1.165, 1.54) is 0 Å². The summed E-state index contributed by atoms with van der Waals surface area (Å²) in [5.74, 6) is -0.0343. The number of sulfone groups is 1. The Bertz CT molecular complexity index is 1490. The number of nitrogens with one attached hydrogen (secondary N) is 1. The Morgan fingerprint density at radius 2 is 1.26 bits per heavy atom. The smallest absolute Gasteiger partial charge is 0.407 e. The molecule has 1 N–H and O–H groups in total. The summed E-state index contributed by atoms with van der Waals surface area (Å²) < 4.78 is 38.6. The van der Waals surface area contributed by atoms with Crippen LogP contribution in [0.15, 0.2) is 126 Å². The number of amides is 1. The van der Waals surface area contributed by atoms with Crippen molar-refractivity contribution in [1.29, 1.82) is 0 Å². The lowest BCUT2D eigenvalue weighted by atomic mass is 10.2. The Labute approximate surface area is 257 Å². The molecule has 0 aliphatic heterocycles. The molecule has 6 nitrogen and oxygen atoms in total. The molecule has 4 aromatic carbocycles. The van der Waals surface area contributed by atoms with E-state index < -0.39 is 30.3 Å². The number of alkyl carbamates (subject to hydrolysis) is 1. The van der Waals surface area contributed by atoms with Crippen molar-refractivity contribution in [3.8, 4) is 0 Å². The highest BCUT2D eigenvalue weighted by atomic mass is 32.2. The first kappa shape index (κ1) is 32.2. The van der Waals surface area contributed by atoms with Crippen LogP contribution in [0.1, 0.15) is 39.2 Å². The van der Waals surface area contributed by atoms with Crippen LogP contribution in [0.2, 0.25) is 5.04 Å². The topological polar surface area (TPSA) is 81.7 Å². The highest BCUT2D eigenvalue weighted by molar-refractivity contribution is 7.91. The molecule has 1 amide bonds. The van der Waals surface area contributed by atoms with Crippen molar-refractivity contribution < 1.29 is 22.4 Å². The maximum Gasteiger partial charge on any atom is 0.407 e. The monoisotopic (exact) mass is 615 g/mol. The first-order valence-electron chi connectivity index (χ1n) is 14.6. The third-order valence-electron chi connectivity index (χ3n) is 7.52. The molecule has 0 unspecified atom stereocenters. The molecule has 0 saturated heterocycles. The summed E-state index contributed by atoms with van der Waals surface area (Å²) in [6, 6.07) is 38.1. The largest absolute Gasteiger partial charge is 0.445 e. The molecular formula is C35H41NO5SSi. The van der Waals surface area contributed by atoms with Crippen LogP contribution in [0.4, 0.5) is 4.79 Å². The van der Waals surface area contributed by atoms with E-state index in [4.69, 9.17) is 9.16 Å². The molecule has 0 saturated carbocycles. The molecule has 226 valence electrons. The fraction of sp³-hybridized carbons (Fsp3) is 0.286. The number of rotatable bonds is 13. The number of ether oxygens (including phenoxy) is 1. The minimum atomic E-state index is -3.46. The maximum absolute atomic E-state index is 13.0. The van der Waals surface area contributed by atoms with Crippen molar-refractivity contribution in [2.45, 2.75) is 56.2 Å². The minimum Gasteiger partial charge on any atom is -0.445 e. The van der Waals surface area contributed by atoms with Crippen LogP contribution in [-0.4, -0.2) is 41.2 Å². The Kier molecular flexibility index (Phi) is 11.0. The summed E-state index contributed by atoms with van der Waals surface area (Å²) in [4.78, 5) is 13.3. The summed E-state index contributed by atoms with van der Waals surface area (Å²) in [6.45, 7) is 6.93. The van der Waals surface area contributed by atoms with Crippen molar-refractivity contribution >= 4 is 34.6 Å². The maximum atomic E-state index is 13.0. The van der Waals surface area contributed by atoms with Crippen LogP contribution >= 0.6 is 0 Å². The predicted molar refractivity (Wildman–Crippen MR) is 175 cm³/mol. The Balaban J connectivity index is 1.57. The lowest BCUT2D eigenvalue weighted by Gasteiger charge is -2.43. The molecule has 1 atom stereocenters. The van der Waals surface area contributed by atoms with Gasteiger partial charge in [0, 0.05) is 0 Å². The van der Waals surface area contributed by atoms with Gasteiger partial charge in [0.1, 0.15) is 6.61 Å². The van der Waals surface area contributed by atoms with Gasteiger partial charge in [-0.3, -0.25) is 0 Å². The van der Waals surface area contributed by atoms with Gasteiger partial charge in [-0.25, -0.2) is 13.2 Å². The average molecular weight is 616 g/mol. The van der Waals surface area contributed by atoms with Gasteiger partial charge in [0.05, 0.1) is 23.3 Å². The number of carbonyl (C=O) groups is 1. The van der Waals surface area contributed by atoms with E-state index in [9.17, 15) is 13.2 Å². The molecule has 0 radical (unpaired) electrons. The van der Waals surface area contributed by atoms with Gasteiger partial charge in [-0.05, 0) is 45.9 Å². The molecule has 4 rings (SSSR count). The van der Waals surface area contributed by atoms with E-state index in [0.29, 0.717) is 17.7 Å². The second kappa shape index (κ2) is 14.6. The fourth-order valence-electron chi connectivity index (χ4n) is 5.38. The standard InChI is InChI=1S/C35H41NO5SSi/c1-35(2,3)43(32-22-12-6-13-23-32,33-24-14-7-15-25-33)41-28-30(36-34(37)40-27-29-17-8-4-9-18-29)19-16-26-42(38,39)31-20-10-5-11-21-31/h4-15,17-18,20-25,30H,16,19,26-28H2,1-3H3,(H,36,37)/t30-/m0/s1. The van der Waals surface area contributed by atoms with Crippen LogP contribution < -0.4 is 15.7 Å². The van der Waals surface area contributed by atoms with Gasteiger partial charge in [0.2, 0.25) is 0 Å². The van der Waals surface area contributed by atoms with Gasteiger partial charge in [0.25, 0.3) is 8.32 Å². The number of benzene rings is 4. The Morgan fingerprint density at radius 1 is 0.767 bits per heavy atom. The summed E-state index contributed by atoms with van der Waals surface area (Å²) in [5, 5.41) is 5.00. The molecule has 0 aliphatic rings. The van der Waals surface area contributed by atoms with Crippen LogP contribution in [-0.2, 0) is 25.6 Å². The molecule has 0 heterocycles. The van der Waals surface area contributed by atoms with Crippen LogP contribution in [0, 0.1) is 0 Å². The van der Waals surface area contributed by atoms with E-state index in [1.807, 2.05) is 66.7 Å². The second-order valence-electron chi connectivity index (χ2n) is 11.7. The zero-order valence-electron chi connectivity index (χ0n) is 25.1. The first-order valence-corrected chi connectivity index (χ1v) is 18.2. The minimum absolute atomic E-state index is 0.0343. The molecule has 0 aliphatic carbocycles. The summed E-state index contributed by atoms with van der Waals surface area (Å²) in [6.07, 6.45) is 0.196. The van der Waals surface area contributed by atoms with E-state index >= 15 is 0 Å². The highest BCUT2D eigenvalue weighted by Crippen LogP contribution is 2.37. The van der Waals surface area contributed by atoms with E-state index in [-0.39, 0.29) is 24.0 Å². The zero-order chi connectivity index (χ0) is 30.8. The molecule has 8 heteroatoms. The average Bonchev–Trinajstić information content (AvgIpc) is 3.01. The third-order valence-corrected chi connectivity index (χ3v) is 14.3. The van der Waals surface area contributed by atoms with Crippen molar-refractivity contribution in [3.63, 3.8) is 0 Å². The van der Waals surface area contributed by atoms with E-state index in [2.05, 4.69) is 50.4 Å². The molecular weight excluding hydrogens is 575 g/mol. The molecule has 4 aromatic rings. The van der Waals surface area contributed by atoms with Gasteiger partial charge >= 0.3 is 6.09 Å². The quantitative estimate of drug-likeness (QED) is 0.184. The van der Waals surface area contributed by atoms with Gasteiger partial charge < -0.3 is 14.5 Å². The molecule has 0 fully saturated rings. The van der Waals surface area contributed by atoms with E-state index in [1.54, 1.807) is 30.3 Å². The van der Waals surface area contributed by atoms with Crippen molar-refractivity contribution in [1.82, 2.24) is 5.32 Å². The molecule has 0 spiro atoms. The number of hydrogen-bond acceptors (Lipinski definition) is 5. The van der Waals surface area contributed by atoms with Crippen LogP contribution in [0.3, 0.4) is 0 Å². The normalized spacial score (nSPS) is 12.8. The van der Waals surface area contributed by atoms with Crippen molar-refractivity contribution in [2.24, 2.45) is 0 Å². The zero-order valence-corrected chi connectivity index (χ0v) is 26.9. The van der Waals surface area contributed by atoms with Gasteiger partial charge in [0.15, 0.2) is 9.84 Å². The van der Waals surface area contributed by atoms with E-state index in [0.717, 1.165) is 15.9 Å². The molecule has 43 heavy (non-hydrogen) atoms. The molecule has 0 aromatic heterocycles. The first-order chi connectivity index (χ1) is 20.6. The van der Waals surface area contributed by atoms with Crippen molar-refractivity contribution in [3.05, 3.63) is 127 Å². The van der Waals surface area contributed by atoms with Gasteiger partial charge in [-0.15, -0.1) is 0 Å². The van der Waals surface area contributed by atoms with Gasteiger partial charge in [-0.1, -0.05) is 130 Å². The highest BCUT2D eigenvalue weighted by Gasteiger charge is 2.50. The van der Waals surface area contributed by atoms with Crippen molar-refractivity contribution in [2.75, 3.05) is 12.4 Å². The summed E-state index contributed by atoms with van der Waals surface area (Å²) in [7, 11) is -6.33. The van der Waals surface area contributed by atoms with Gasteiger partial charge in [-0.2, -0.15) is 0 Å². The number of hydrogen-bond donors (Lipinski definition) is 1.